The number of aryl methyl sites for hydroxylation is 1. The van der Waals surface area contributed by atoms with Gasteiger partial charge in [0.1, 0.15) is 5.82 Å². The number of sulfonamides is 1. The molecule has 1 unspecified atom stereocenters. The molecule has 1 fully saturated rings. The Kier molecular flexibility index (Phi) is 6.34. The van der Waals surface area contributed by atoms with Gasteiger partial charge >= 0.3 is 0 Å². The molecule has 2 heterocycles. The third kappa shape index (κ3) is 5.09. The van der Waals surface area contributed by atoms with Gasteiger partial charge in [-0.1, -0.05) is 25.1 Å². The molecule has 1 aliphatic heterocycles. The first-order valence-electron chi connectivity index (χ1n) is 9.16. The molecule has 1 N–H and O–H groups in total. The molecular formula is C19H26N4O2S. The Labute approximate surface area is 155 Å². The minimum atomic E-state index is -3.45. The van der Waals surface area contributed by atoms with Crippen LogP contribution in [0.4, 0.5) is 0 Å². The molecule has 0 radical (unpaired) electrons. The zero-order valence-corrected chi connectivity index (χ0v) is 16.0. The fraction of sp³-hybridized carbons (Fsp3) is 0.474. The van der Waals surface area contributed by atoms with Crippen LogP contribution in [0.3, 0.4) is 0 Å². The van der Waals surface area contributed by atoms with E-state index in [1.807, 2.05) is 25.4 Å². The predicted molar refractivity (Wildman–Crippen MR) is 101 cm³/mol. The molecule has 1 aliphatic rings. The summed E-state index contributed by atoms with van der Waals surface area (Å²) < 4.78 is 27.9. The fourth-order valence-corrected chi connectivity index (χ4v) is 4.55. The second kappa shape index (κ2) is 8.70. The molecule has 7 heteroatoms. The van der Waals surface area contributed by atoms with Crippen LogP contribution in [0.5, 0.6) is 0 Å². The Hall–Kier alpha value is -1.83. The van der Waals surface area contributed by atoms with Crippen LogP contribution in [-0.2, 0) is 23.0 Å². The number of aromatic nitrogens is 2. The van der Waals surface area contributed by atoms with Crippen molar-refractivity contribution >= 4 is 10.0 Å². The van der Waals surface area contributed by atoms with E-state index in [1.165, 1.54) is 0 Å². The number of nitrogens with zero attached hydrogens (tertiary/aromatic N) is 3. The van der Waals surface area contributed by atoms with E-state index in [1.54, 1.807) is 24.3 Å². The summed E-state index contributed by atoms with van der Waals surface area (Å²) in [5.74, 6) is 0.861. The quantitative estimate of drug-likeness (QED) is 0.840. The second-order valence-corrected chi connectivity index (χ2v) is 8.41. The van der Waals surface area contributed by atoms with Gasteiger partial charge in [0.15, 0.2) is 0 Å². The zero-order chi connectivity index (χ0) is 18.4. The number of rotatable bonds is 6. The molecule has 3 rings (SSSR count). The predicted octanol–water partition coefficient (Wildman–Crippen LogP) is 2.37. The maximum Gasteiger partial charge on any atom is 0.240 e. The molecule has 140 valence electrons. The van der Waals surface area contributed by atoms with Gasteiger partial charge in [0.25, 0.3) is 0 Å². The summed E-state index contributed by atoms with van der Waals surface area (Å²) in [5.41, 5.74) is 1.10. The standard InChI is InChI=1S/C19H26N4O2S/c1-2-19-20-13-16(14-21-19)15-23-11-6-7-17(10-12-23)22-26(24,25)18-8-4-3-5-9-18/h3-5,8-9,13-14,17,22H,2,6-7,10-12,15H2,1H3. The van der Waals surface area contributed by atoms with E-state index in [9.17, 15) is 8.42 Å². The van der Waals surface area contributed by atoms with Crippen molar-refractivity contribution in [2.24, 2.45) is 0 Å². The molecule has 0 saturated carbocycles. The Bertz CT molecular complexity index is 794. The highest BCUT2D eigenvalue weighted by Gasteiger charge is 2.23. The summed E-state index contributed by atoms with van der Waals surface area (Å²) in [6.45, 7) is 4.67. The summed E-state index contributed by atoms with van der Waals surface area (Å²) in [6.07, 6.45) is 7.26. The first-order chi connectivity index (χ1) is 12.6. The second-order valence-electron chi connectivity index (χ2n) is 6.70. The number of likely N-dealkylation sites (tertiary alicyclic amines) is 1. The SMILES string of the molecule is CCc1ncc(CN2CCCC(NS(=O)(=O)c3ccccc3)CC2)cn1. The van der Waals surface area contributed by atoms with Crippen molar-refractivity contribution in [3.05, 3.63) is 54.1 Å². The van der Waals surface area contributed by atoms with Crippen molar-refractivity contribution in [1.82, 2.24) is 19.6 Å². The Morgan fingerprint density at radius 2 is 1.85 bits per heavy atom. The van der Waals surface area contributed by atoms with Crippen LogP contribution in [0.1, 0.15) is 37.6 Å². The van der Waals surface area contributed by atoms with Crippen molar-refractivity contribution in [2.75, 3.05) is 13.1 Å². The Morgan fingerprint density at radius 3 is 2.54 bits per heavy atom. The minimum absolute atomic E-state index is 0.0241. The third-order valence-electron chi connectivity index (χ3n) is 4.68. The number of benzene rings is 1. The van der Waals surface area contributed by atoms with Gasteiger partial charge in [-0.3, -0.25) is 4.90 Å². The molecule has 0 aliphatic carbocycles. The average molecular weight is 375 g/mol. The van der Waals surface area contributed by atoms with Crippen molar-refractivity contribution in [3.63, 3.8) is 0 Å². The molecule has 1 aromatic heterocycles. The van der Waals surface area contributed by atoms with Gasteiger partial charge in [-0.05, 0) is 37.9 Å². The van der Waals surface area contributed by atoms with E-state index in [2.05, 4.69) is 19.6 Å². The molecule has 1 atom stereocenters. The van der Waals surface area contributed by atoms with E-state index in [0.29, 0.717) is 4.90 Å². The fourth-order valence-electron chi connectivity index (χ4n) is 3.22. The maximum absolute atomic E-state index is 12.5. The number of hydrogen-bond donors (Lipinski definition) is 1. The van der Waals surface area contributed by atoms with Crippen LogP contribution in [0.2, 0.25) is 0 Å². The summed E-state index contributed by atoms with van der Waals surface area (Å²) in [5, 5.41) is 0. The van der Waals surface area contributed by atoms with Gasteiger partial charge in [0, 0.05) is 43.5 Å². The van der Waals surface area contributed by atoms with E-state index in [0.717, 1.165) is 56.7 Å². The summed E-state index contributed by atoms with van der Waals surface area (Å²) >= 11 is 0. The lowest BCUT2D eigenvalue weighted by molar-refractivity contribution is 0.274. The first-order valence-corrected chi connectivity index (χ1v) is 10.6. The normalized spacial score (nSPS) is 19.2. The molecular weight excluding hydrogens is 348 g/mol. The molecule has 0 bridgehead atoms. The molecule has 1 saturated heterocycles. The molecule has 1 aromatic carbocycles. The summed E-state index contributed by atoms with van der Waals surface area (Å²) in [6, 6.07) is 8.55. The Balaban J connectivity index is 1.56. The van der Waals surface area contributed by atoms with E-state index >= 15 is 0 Å². The molecule has 26 heavy (non-hydrogen) atoms. The van der Waals surface area contributed by atoms with Crippen molar-refractivity contribution < 1.29 is 8.42 Å². The maximum atomic E-state index is 12.5. The van der Waals surface area contributed by atoms with Gasteiger partial charge in [-0.2, -0.15) is 0 Å². The van der Waals surface area contributed by atoms with Crippen molar-refractivity contribution in [2.45, 2.75) is 50.1 Å². The number of nitrogens with one attached hydrogen (secondary N) is 1. The highest BCUT2D eigenvalue weighted by molar-refractivity contribution is 7.89. The van der Waals surface area contributed by atoms with Crippen molar-refractivity contribution in [1.29, 1.82) is 0 Å². The highest BCUT2D eigenvalue weighted by Crippen LogP contribution is 2.16. The van der Waals surface area contributed by atoms with E-state index in [4.69, 9.17) is 0 Å². The summed E-state index contributed by atoms with van der Waals surface area (Å²) in [7, 11) is -3.45. The molecule has 2 aromatic rings. The smallest absolute Gasteiger partial charge is 0.240 e. The topological polar surface area (TPSA) is 75.2 Å². The lowest BCUT2D eigenvalue weighted by Gasteiger charge is -2.20. The monoisotopic (exact) mass is 374 g/mol. The minimum Gasteiger partial charge on any atom is -0.299 e. The first kappa shape index (κ1) is 18.9. The lowest BCUT2D eigenvalue weighted by atomic mass is 10.1. The number of hydrogen-bond acceptors (Lipinski definition) is 5. The lowest BCUT2D eigenvalue weighted by Crippen LogP contribution is -2.35. The largest absolute Gasteiger partial charge is 0.299 e. The van der Waals surface area contributed by atoms with Gasteiger partial charge < -0.3 is 0 Å². The molecule has 0 spiro atoms. The van der Waals surface area contributed by atoms with Crippen LogP contribution >= 0.6 is 0 Å². The van der Waals surface area contributed by atoms with E-state index < -0.39 is 10.0 Å². The highest BCUT2D eigenvalue weighted by atomic mass is 32.2. The van der Waals surface area contributed by atoms with E-state index in [-0.39, 0.29) is 6.04 Å². The Morgan fingerprint density at radius 1 is 1.12 bits per heavy atom. The molecule has 0 amide bonds. The van der Waals surface area contributed by atoms with Gasteiger partial charge in [0.05, 0.1) is 4.90 Å². The van der Waals surface area contributed by atoms with Crippen LogP contribution in [0.15, 0.2) is 47.6 Å². The van der Waals surface area contributed by atoms with Crippen LogP contribution < -0.4 is 4.72 Å². The zero-order valence-electron chi connectivity index (χ0n) is 15.1. The van der Waals surface area contributed by atoms with Gasteiger partial charge in [-0.15, -0.1) is 0 Å². The van der Waals surface area contributed by atoms with Crippen LogP contribution in [-0.4, -0.2) is 42.4 Å². The van der Waals surface area contributed by atoms with Gasteiger partial charge in [0.2, 0.25) is 10.0 Å². The summed E-state index contributed by atoms with van der Waals surface area (Å²) in [4.78, 5) is 11.4. The molecule has 6 nitrogen and oxygen atoms in total. The van der Waals surface area contributed by atoms with Crippen LogP contribution in [0, 0.1) is 0 Å². The third-order valence-corrected chi connectivity index (χ3v) is 6.21. The average Bonchev–Trinajstić information content (AvgIpc) is 2.88. The van der Waals surface area contributed by atoms with Gasteiger partial charge in [-0.25, -0.2) is 23.1 Å². The van der Waals surface area contributed by atoms with Crippen LogP contribution in [0.25, 0.3) is 0 Å². The van der Waals surface area contributed by atoms with Crippen molar-refractivity contribution in [3.8, 4) is 0 Å².